The zero-order valence-electron chi connectivity index (χ0n) is 17.2. The second-order valence-electron chi connectivity index (χ2n) is 5.92. The minimum absolute atomic E-state index is 0. The molecule has 0 aromatic rings. The molecule has 0 unspecified atom stereocenters. The number of thiocarbonyl (C=S) groups is 2. The van der Waals surface area contributed by atoms with Gasteiger partial charge in [0.15, 0.2) is 0 Å². The van der Waals surface area contributed by atoms with Gasteiger partial charge in [0.2, 0.25) is 0 Å². The van der Waals surface area contributed by atoms with Gasteiger partial charge in [0.25, 0.3) is 0 Å². The Bertz CT molecular complexity index is 278. The van der Waals surface area contributed by atoms with E-state index in [-0.39, 0.29) is 25.0 Å². The van der Waals surface area contributed by atoms with E-state index in [1.54, 1.807) is 0 Å². The van der Waals surface area contributed by atoms with E-state index < -0.39 is 0 Å². The molecule has 0 heterocycles. The second-order valence-corrected chi connectivity index (χ2v) is 7.98. The first kappa shape index (κ1) is 34.3. The van der Waals surface area contributed by atoms with Crippen LogP contribution in [0.5, 0.6) is 0 Å². The molecule has 26 heavy (non-hydrogen) atoms. The van der Waals surface area contributed by atoms with Crippen LogP contribution in [0.25, 0.3) is 0 Å². The minimum Gasteiger partial charge on any atom is -0.412 e. The molecule has 0 rings (SSSR count). The van der Waals surface area contributed by atoms with Crippen LogP contribution in [-0.2, 0) is 44.7 Å². The molecule has 0 saturated carbocycles. The van der Waals surface area contributed by atoms with Gasteiger partial charge in [0.05, 0.1) is 0 Å². The van der Waals surface area contributed by atoms with Crippen LogP contribution in [0.1, 0.15) is 79.1 Å². The molecule has 0 bridgehead atoms. The summed E-state index contributed by atoms with van der Waals surface area (Å²) in [4.78, 5) is 4.27. The maximum Gasteiger partial charge on any atom is 2.00 e. The molecule has 0 radical (unpaired) electrons. The van der Waals surface area contributed by atoms with Crippen molar-refractivity contribution < 1.29 is 25.0 Å². The minimum atomic E-state index is 0. The summed E-state index contributed by atoms with van der Waals surface area (Å²) in [6.45, 7) is 12.9. The Balaban J connectivity index is -0.000000173. The average molecular weight is 492 g/mol. The summed E-state index contributed by atoms with van der Waals surface area (Å²) in [5, 5.41) is 0. The molecular formula is C18H38N2OS4Zn. The van der Waals surface area contributed by atoms with Crippen molar-refractivity contribution in [2.45, 2.75) is 79.1 Å². The van der Waals surface area contributed by atoms with E-state index >= 15 is 0 Å². The van der Waals surface area contributed by atoms with Gasteiger partial charge in [0.1, 0.15) is 0 Å². The molecule has 0 fully saturated rings. The number of hydrogen-bond donors (Lipinski definition) is 0. The third kappa shape index (κ3) is 22.8. The molecule has 0 aliphatic heterocycles. The SMILES string of the molecule is CCCCN(CCCC)C(=S)[S-].CCCCN(CCCC)C(=S)[S-].O.[Zn+2]. The number of hydrogen-bond acceptors (Lipinski definition) is 4. The van der Waals surface area contributed by atoms with Crippen LogP contribution < -0.4 is 0 Å². The molecule has 0 saturated heterocycles. The summed E-state index contributed by atoms with van der Waals surface area (Å²) in [7, 11) is 0. The van der Waals surface area contributed by atoms with Crippen molar-refractivity contribution in [1.29, 1.82) is 0 Å². The van der Waals surface area contributed by atoms with Gasteiger partial charge in [-0.15, -0.1) is 0 Å². The molecule has 0 aliphatic carbocycles. The Hall–Kier alpha value is 0.803. The van der Waals surface area contributed by atoms with E-state index in [1.807, 2.05) is 0 Å². The first-order chi connectivity index (χ1) is 11.4. The predicted molar refractivity (Wildman–Crippen MR) is 126 cm³/mol. The van der Waals surface area contributed by atoms with Crippen LogP contribution in [0.3, 0.4) is 0 Å². The van der Waals surface area contributed by atoms with Gasteiger partial charge in [-0.3, -0.25) is 0 Å². The van der Waals surface area contributed by atoms with Crippen molar-refractivity contribution in [3.63, 3.8) is 0 Å². The topological polar surface area (TPSA) is 38.0 Å². The first-order valence-corrected chi connectivity index (χ1v) is 11.0. The van der Waals surface area contributed by atoms with Gasteiger partial charge in [-0.2, -0.15) is 0 Å². The fourth-order valence-corrected chi connectivity index (χ4v) is 2.71. The molecule has 0 aromatic heterocycles. The van der Waals surface area contributed by atoms with Crippen molar-refractivity contribution in [1.82, 2.24) is 9.80 Å². The molecule has 0 amide bonds. The molecule has 0 aromatic carbocycles. The molecule has 8 heteroatoms. The van der Waals surface area contributed by atoms with E-state index in [2.05, 4.69) is 37.5 Å². The summed E-state index contributed by atoms with van der Waals surface area (Å²) >= 11 is 19.9. The summed E-state index contributed by atoms with van der Waals surface area (Å²) in [6, 6.07) is 0. The maximum atomic E-state index is 4.98. The third-order valence-electron chi connectivity index (χ3n) is 3.64. The average Bonchev–Trinajstić information content (AvgIpc) is 2.55. The Morgan fingerprint density at radius 2 is 0.808 bits per heavy atom. The van der Waals surface area contributed by atoms with Crippen molar-refractivity contribution >= 4 is 58.3 Å². The third-order valence-corrected chi connectivity index (χ3v) is 4.68. The van der Waals surface area contributed by atoms with E-state index in [1.165, 1.54) is 51.4 Å². The Morgan fingerprint density at radius 3 is 0.923 bits per heavy atom. The van der Waals surface area contributed by atoms with Crippen LogP contribution >= 0.6 is 24.4 Å². The van der Waals surface area contributed by atoms with Crippen LogP contribution in [0.2, 0.25) is 0 Å². The van der Waals surface area contributed by atoms with Gasteiger partial charge in [-0.25, -0.2) is 0 Å². The molecule has 0 aliphatic rings. The number of rotatable bonds is 12. The molecule has 152 valence electrons. The van der Waals surface area contributed by atoms with E-state index in [9.17, 15) is 0 Å². The zero-order valence-corrected chi connectivity index (χ0v) is 23.5. The number of unbranched alkanes of at least 4 members (excludes halogenated alkanes) is 4. The summed E-state index contributed by atoms with van der Waals surface area (Å²) < 4.78 is 1.27. The van der Waals surface area contributed by atoms with E-state index in [0.717, 1.165) is 26.2 Å². The maximum absolute atomic E-state index is 4.98. The van der Waals surface area contributed by atoms with Crippen LogP contribution in [0.15, 0.2) is 0 Å². The summed E-state index contributed by atoms with van der Waals surface area (Å²) in [5.74, 6) is 0. The van der Waals surface area contributed by atoms with Gasteiger partial charge in [0, 0.05) is 26.2 Å². The van der Waals surface area contributed by atoms with Gasteiger partial charge < -0.3 is 65.0 Å². The quantitative estimate of drug-likeness (QED) is 0.225. The molecule has 3 nitrogen and oxygen atoms in total. The second kappa shape index (κ2) is 25.8. The summed E-state index contributed by atoms with van der Waals surface area (Å²) in [6.07, 6.45) is 9.62. The largest absolute Gasteiger partial charge is 2.00 e. The smallest absolute Gasteiger partial charge is 0.412 e. The summed E-state index contributed by atoms with van der Waals surface area (Å²) in [5.41, 5.74) is 0. The van der Waals surface area contributed by atoms with Gasteiger partial charge in [-0.05, 0) is 25.7 Å². The molecule has 0 atom stereocenters. The van der Waals surface area contributed by atoms with E-state index in [0.29, 0.717) is 8.64 Å². The van der Waals surface area contributed by atoms with Crippen molar-refractivity contribution in [2.75, 3.05) is 26.2 Å². The first-order valence-electron chi connectivity index (χ1n) is 9.36. The monoisotopic (exact) mass is 490 g/mol. The van der Waals surface area contributed by atoms with Crippen LogP contribution in [-0.4, -0.2) is 50.1 Å². The van der Waals surface area contributed by atoms with Crippen molar-refractivity contribution in [3.8, 4) is 0 Å². The van der Waals surface area contributed by atoms with Crippen LogP contribution in [0.4, 0.5) is 0 Å². The van der Waals surface area contributed by atoms with E-state index in [4.69, 9.17) is 49.7 Å². The fraction of sp³-hybridized carbons (Fsp3) is 0.889. The van der Waals surface area contributed by atoms with Crippen molar-refractivity contribution in [2.24, 2.45) is 0 Å². The Morgan fingerprint density at radius 1 is 0.615 bits per heavy atom. The predicted octanol–water partition coefficient (Wildman–Crippen LogP) is 4.61. The molecule has 2 N–H and O–H groups in total. The fourth-order valence-electron chi connectivity index (χ4n) is 1.98. The van der Waals surface area contributed by atoms with Gasteiger partial charge in [-0.1, -0.05) is 62.0 Å². The molecular weight excluding hydrogens is 454 g/mol. The van der Waals surface area contributed by atoms with Crippen molar-refractivity contribution in [3.05, 3.63) is 0 Å². The normalized spacial score (nSPS) is 9.08. The number of nitrogens with zero attached hydrogens (tertiary/aromatic N) is 2. The molecule has 0 spiro atoms. The zero-order chi connectivity index (χ0) is 18.8. The van der Waals surface area contributed by atoms with Gasteiger partial charge >= 0.3 is 19.5 Å². The Labute approximate surface area is 197 Å². The Kier molecular flexibility index (Phi) is 34.1. The standard InChI is InChI=1S/2C9H19NS2.H2O.Zn/c2*1-3-5-7-10(9(11)12)8-6-4-2;;/h2*3-8H2,1-2H3,(H,11,12);1H2;/q;;;+2/p-2. The van der Waals surface area contributed by atoms with Crippen LogP contribution in [0, 0.1) is 0 Å².